The second-order valence-corrected chi connectivity index (χ2v) is 11.0. The van der Waals surface area contributed by atoms with Crippen LogP contribution in [0, 0.1) is 17.8 Å². The van der Waals surface area contributed by atoms with Gasteiger partial charge in [-0.3, -0.25) is 14.4 Å². The normalized spacial score (nSPS) is 30.8. The van der Waals surface area contributed by atoms with E-state index in [-0.39, 0.29) is 44.0 Å². The first-order chi connectivity index (χ1) is 18.6. The zero-order chi connectivity index (χ0) is 28.5. The predicted molar refractivity (Wildman–Crippen MR) is 149 cm³/mol. The van der Waals surface area contributed by atoms with Crippen molar-refractivity contribution < 1.29 is 29.0 Å². The number of esters is 1. The van der Waals surface area contributed by atoms with Gasteiger partial charge in [-0.1, -0.05) is 13.0 Å². The van der Waals surface area contributed by atoms with Crippen LogP contribution < -0.4 is 9.80 Å². The highest BCUT2D eigenvalue weighted by Gasteiger charge is 2.80. The molecule has 9 heteroatoms. The summed E-state index contributed by atoms with van der Waals surface area (Å²) in [6.45, 7) is 15.9. The van der Waals surface area contributed by atoms with E-state index >= 15 is 0 Å². The van der Waals surface area contributed by atoms with E-state index in [0.717, 1.165) is 18.8 Å². The number of fused-ring (bicyclic) bond motifs is 1. The molecule has 3 aliphatic heterocycles. The van der Waals surface area contributed by atoms with E-state index < -0.39 is 35.0 Å². The second-order valence-electron chi connectivity index (χ2n) is 11.0. The fourth-order valence-corrected chi connectivity index (χ4v) is 7.12. The van der Waals surface area contributed by atoms with E-state index in [9.17, 15) is 19.5 Å². The molecule has 214 valence electrons. The van der Waals surface area contributed by atoms with Gasteiger partial charge in [-0.15, -0.1) is 6.58 Å². The lowest BCUT2D eigenvalue weighted by molar-refractivity contribution is -0.161. The number of benzene rings is 1. The number of carbonyl (C=O) groups excluding carboxylic acids is 3. The van der Waals surface area contributed by atoms with E-state index in [1.54, 1.807) is 17.9 Å². The number of carbonyl (C=O) groups is 3. The zero-order valence-corrected chi connectivity index (χ0v) is 23.9. The lowest BCUT2D eigenvalue weighted by atomic mass is 9.62. The Labute approximate surface area is 231 Å². The number of amides is 2. The van der Waals surface area contributed by atoms with Crippen molar-refractivity contribution in [2.75, 3.05) is 49.2 Å². The number of nitrogens with zero attached hydrogens (tertiary/aromatic N) is 3. The van der Waals surface area contributed by atoms with Crippen LogP contribution in [0.5, 0.6) is 0 Å². The van der Waals surface area contributed by atoms with Gasteiger partial charge in [-0.2, -0.15) is 0 Å². The quantitative estimate of drug-likeness (QED) is 0.321. The van der Waals surface area contributed by atoms with Crippen molar-refractivity contribution in [1.29, 1.82) is 0 Å². The predicted octanol–water partition coefficient (Wildman–Crippen LogP) is 3.01. The van der Waals surface area contributed by atoms with Crippen LogP contribution in [0.15, 0.2) is 36.9 Å². The average molecular weight is 542 g/mol. The van der Waals surface area contributed by atoms with E-state index in [4.69, 9.17) is 9.47 Å². The first kappa shape index (κ1) is 29.1. The standard InChI is InChI=1S/C30H43N3O6/c1-7-16-32(22-14-12-21(13-15-22)31(8-2)9-3)27(36)25-30-19-20(5)29(6,39-30)24(28(37)38-10-4)23(30)26(35)33(25)17-11-18-34/h7,12-15,20,23-25,34H,1,8-11,16-19H2,2-6H3/t20?,23-,24-,25?,29+,30?/m0/s1. The Morgan fingerprint density at radius 3 is 2.41 bits per heavy atom. The fourth-order valence-electron chi connectivity index (χ4n) is 7.12. The molecule has 3 fully saturated rings. The van der Waals surface area contributed by atoms with Gasteiger partial charge in [0.05, 0.1) is 18.1 Å². The van der Waals surface area contributed by atoms with E-state index in [0.29, 0.717) is 18.5 Å². The molecule has 9 nitrogen and oxygen atoms in total. The number of aliphatic hydroxyl groups is 1. The Morgan fingerprint density at radius 1 is 1.21 bits per heavy atom. The van der Waals surface area contributed by atoms with Gasteiger partial charge in [0.1, 0.15) is 17.6 Å². The van der Waals surface area contributed by atoms with Crippen LogP contribution in [-0.4, -0.2) is 84.4 Å². The molecule has 3 aliphatic rings. The van der Waals surface area contributed by atoms with Crippen LogP contribution in [0.3, 0.4) is 0 Å². The maximum absolute atomic E-state index is 14.5. The number of likely N-dealkylation sites (tertiary alicyclic amines) is 1. The summed E-state index contributed by atoms with van der Waals surface area (Å²) in [5.74, 6) is -2.71. The van der Waals surface area contributed by atoms with Gasteiger partial charge in [0.25, 0.3) is 5.91 Å². The van der Waals surface area contributed by atoms with E-state index in [2.05, 4.69) is 25.3 Å². The van der Waals surface area contributed by atoms with Gasteiger partial charge in [-0.05, 0) is 70.7 Å². The molecule has 3 unspecified atom stereocenters. The van der Waals surface area contributed by atoms with Crippen LogP contribution in [-0.2, 0) is 23.9 Å². The summed E-state index contributed by atoms with van der Waals surface area (Å²) in [7, 11) is 0. The number of rotatable bonds is 12. The Bertz CT molecular complexity index is 1090. The van der Waals surface area contributed by atoms with E-state index in [1.165, 1.54) is 4.90 Å². The summed E-state index contributed by atoms with van der Waals surface area (Å²) in [4.78, 5) is 47.2. The molecule has 6 atom stereocenters. The largest absolute Gasteiger partial charge is 0.466 e. The molecule has 0 radical (unpaired) electrons. The summed E-state index contributed by atoms with van der Waals surface area (Å²) in [5, 5.41) is 9.59. The Hall–Kier alpha value is -2.91. The SMILES string of the molecule is C=CCN(C(=O)C1N(CCCO)C(=O)[C@@H]2[C@@H](C(=O)OCC)[C@]3(C)OC12CC3C)c1ccc(N(CC)CC)cc1. The van der Waals surface area contributed by atoms with E-state index in [1.807, 2.05) is 38.1 Å². The summed E-state index contributed by atoms with van der Waals surface area (Å²) >= 11 is 0. The van der Waals surface area contributed by atoms with Crippen molar-refractivity contribution in [2.45, 2.75) is 64.7 Å². The van der Waals surface area contributed by atoms with Crippen molar-refractivity contribution in [3.05, 3.63) is 36.9 Å². The topological polar surface area (TPSA) is 99.6 Å². The van der Waals surface area contributed by atoms with Crippen molar-refractivity contribution in [2.24, 2.45) is 17.8 Å². The highest BCUT2D eigenvalue weighted by Crippen LogP contribution is 2.65. The molecule has 0 aromatic heterocycles. The second kappa shape index (κ2) is 11.3. The summed E-state index contributed by atoms with van der Waals surface area (Å²) < 4.78 is 12.1. The van der Waals surface area contributed by atoms with Crippen LogP contribution in [0.1, 0.15) is 47.5 Å². The molecule has 2 amide bonds. The lowest BCUT2D eigenvalue weighted by Crippen LogP contribution is -2.57. The van der Waals surface area contributed by atoms with Gasteiger partial charge >= 0.3 is 5.97 Å². The van der Waals surface area contributed by atoms with Crippen LogP contribution in [0.4, 0.5) is 11.4 Å². The molecule has 3 heterocycles. The van der Waals surface area contributed by atoms with Crippen LogP contribution >= 0.6 is 0 Å². The molecule has 2 bridgehead atoms. The molecule has 1 spiro atoms. The maximum atomic E-state index is 14.5. The number of hydrogen-bond donors (Lipinski definition) is 1. The Balaban J connectivity index is 1.77. The zero-order valence-electron chi connectivity index (χ0n) is 23.9. The third kappa shape index (κ3) is 4.53. The van der Waals surface area contributed by atoms with Gasteiger partial charge < -0.3 is 29.3 Å². The molecule has 1 aromatic rings. The molecule has 0 aliphatic carbocycles. The minimum Gasteiger partial charge on any atom is -0.466 e. The number of hydrogen-bond acceptors (Lipinski definition) is 7. The van der Waals surface area contributed by atoms with Crippen LogP contribution in [0.25, 0.3) is 0 Å². The Morgan fingerprint density at radius 2 is 1.85 bits per heavy atom. The van der Waals surface area contributed by atoms with Gasteiger partial charge in [0.2, 0.25) is 5.91 Å². The van der Waals surface area contributed by atoms with Gasteiger partial charge in [0.15, 0.2) is 0 Å². The van der Waals surface area contributed by atoms with Crippen molar-refractivity contribution in [1.82, 2.24) is 4.90 Å². The van der Waals surface area contributed by atoms with Crippen molar-refractivity contribution >= 4 is 29.2 Å². The van der Waals surface area contributed by atoms with Crippen molar-refractivity contribution in [3.8, 4) is 0 Å². The van der Waals surface area contributed by atoms with Gasteiger partial charge in [-0.25, -0.2) is 0 Å². The first-order valence-electron chi connectivity index (χ1n) is 14.2. The minimum atomic E-state index is -1.16. The summed E-state index contributed by atoms with van der Waals surface area (Å²) in [6, 6.07) is 6.88. The summed E-state index contributed by atoms with van der Waals surface area (Å²) in [5.41, 5.74) is -0.316. The number of anilines is 2. The highest BCUT2D eigenvalue weighted by molar-refractivity contribution is 6.05. The maximum Gasteiger partial charge on any atom is 0.312 e. The number of ether oxygens (including phenoxy) is 2. The summed E-state index contributed by atoms with van der Waals surface area (Å²) in [6.07, 6.45) is 2.46. The molecule has 1 aromatic carbocycles. The molecular formula is C30H43N3O6. The molecular weight excluding hydrogens is 498 g/mol. The third-order valence-corrected chi connectivity index (χ3v) is 9.01. The Kier molecular flexibility index (Phi) is 8.42. The first-order valence-corrected chi connectivity index (χ1v) is 14.2. The number of aliphatic hydroxyl groups excluding tert-OH is 1. The van der Waals surface area contributed by atoms with Gasteiger partial charge in [0, 0.05) is 44.2 Å². The highest BCUT2D eigenvalue weighted by atomic mass is 16.6. The van der Waals surface area contributed by atoms with Crippen molar-refractivity contribution in [3.63, 3.8) is 0 Å². The monoisotopic (exact) mass is 541 g/mol. The molecule has 0 saturated carbocycles. The molecule has 1 N–H and O–H groups in total. The molecule has 39 heavy (non-hydrogen) atoms. The minimum absolute atomic E-state index is 0.0646. The lowest BCUT2D eigenvalue weighted by Gasteiger charge is -2.37. The molecule has 4 rings (SSSR count). The van der Waals surface area contributed by atoms with Crippen LogP contribution in [0.2, 0.25) is 0 Å². The smallest absolute Gasteiger partial charge is 0.312 e. The fraction of sp³-hybridized carbons (Fsp3) is 0.633. The average Bonchev–Trinajstić information content (AvgIpc) is 3.43. The third-order valence-electron chi connectivity index (χ3n) is 9.01. The molecule has 3 saturated heterocycles.